The molecule has 1 heterocycles. The van der Waals surface area contributed by atoms with Crippen LogP contribution in [0.3, 0.4) is 0 Å². The lowest BCUT2D eigenvalue weighted by molar-refractivity contribution is -0.131. The summed E-state index contributed by atoms with van der Waals surface area (Å²) >= 11 is 0. The second-order valence-corrected chi connectivity index (χ2v) is 8.10. The Bertz CT molecular complexity index is 509. The van der Waals surface area contributed by atoms with Crippen LogP contribution in [-0.4, -0.2) is 75.5 Å². The molecule has 0 spiro atoms. The molecule has 0 radical (unpaired) electrons. The van der Waals surface area contributed by atoms with E-state index >= 15 is 0 Å². The molecule has 3 N–H and O–H groups in total. The quantitative estimate of drug-likeness (QED) is 0.574. The molecule has 2 atom stereocenters. The second kappa shape index (κ2) is 9.19. The smallest absolute Gasteiger partial charge is 0.234 e. The molecule has 0 aromatic carbocycles. The van der Waals surface area contributed by atoms with Crippen molar-refractivity contribution < 1.29 is 22.7 Å². The third-order valence-corrected chi connectivity index (χ3v) is 4.68. The number of nitrogens with zero attached hydrogens (tertiary/aromatic N) is 1. The van der Waals surface area contributed by atoms with E-state index in [1.165, 1.54) is 0 Å². The summed E-state index contributed by atoms with van der Waals surface area (Å²) in [7, 11) is -3.16. The van der Waals surface area contributed by atoms with E-state index in [-0.39, 0.29) is 24.2 Å². The molecule has 2 amide bonds. The Morgan fingerprint density at radius 2 is 2.13 bits per heavy atom. The average Bonchev–Trinajstić information content (AvgIpc) is 2.70. The van der Waals surface area contributed by atoms with Crippen molar-refractivity contribution in [1.82, 2.24) is 10.2 Å². The number of amides is 2. The first kappa shape index (κ1) is 19.9. The molecular weight excluding hydrogens is 322 g/mol. The molecule has 23 heavy (non-hydrogen) atoms. The van der Waals surface area contributed by atoms with Gasteiger partial charge in [-0.25, -0.2) is 8.42 Å². The Labute approximate surface area is 137 Å². The van der Waals surface area contributed by atoms with Crippen molar-refractivity contribution in [2.24, 2.45) is 5.73 Å². The van der Waals surface area contributed by atoms with Crippen LogP contribution in [0.25, 0.3) is 0 Å². The first-order valence-electron chi connectivity index (χ1n) is 7.82. The number of hydrogen-bond donors (Lipinski definition) is 2. The molecule has 1 aliphatic rings. The van der Waals surface area contributed by atoms with Gasteiger partial charge in [-0.2, -0.15) is 0 Å². The van der Waals surface area contributed by atoms with Gasteiger partial charge >= 0.3 is 0 Å². The van der Waals surface area contributed by atoms with Gasteiger partial charge in [0.15, 0.2) is 0 Å². The van der Waals surface area contributed by atoms with Crippen molar-refractivity contribution in [3.05, 3.63) is 0 Å². The first-order valence-corrected chi connectivity index (χ1v) is 9.88. The van der Waals surface area contributed by atoms with Gasteiger partial charge in [-0.05, 0) is 12.8 Å². The van der Waals surface area contributed by atoms with E-state index in [1.807, 2.05) is 6.92 Å². The Hall–Kier alpha value is -1.19. The summed E-state index contributed by atoms with van der Waals surface area (Å²) in [5, 5.41) is 3.05. The Morgan fingerprint density at radius 3 is 2.70 bits per heavy atom. The van der Waals surface area contributed by atoms with Gasteiger partial charge in [0.05, 0.1) is 17.9 Å². The van der Waals surface area contributed by atoms with Gasteiger partial charge in [0, 0.05) is 38.9 Å². The lowest BCUT2D eigenvalue weighted by Crippen LogP contribution is -2.47. The lowest BCUT2D eigenvalue weighted by Gasteiger charge is -2.25. The van der Waals surface area contributed by atoms with E-state index in [2.05, 4.69) is 5.32 Å². The molecule has 9 heteroatoms. The highest BCUT2D eigenvalue weighted by atomic mass is 32.2. The normalized spacial score (nSPS) is 20.8. The van der Waals surface area contributed by atoms with Crippen molar-refractivity contribution >= 4 is 21.7 Å². The zero-order valence-electron chi connectivity index (χ0n) is 13.8. The van der Waals surface area contributed by atoms with Gasteiger partial charge in [-0.15, -0.1) is 0 Å². The van der Waals surface area contributed by atoms with E-state index in [0.29, 0.717) is 39.1 Å². The van der Waals surface area contributed by atoms with Gasteiger partial charge in [-0.3, -0.25) is 9.59 Å². The predicted molar refractivity (Wildman–Crippen MR) is 86.5 cm³/mol. The summed E-state index contributed by atoms with van der Waals surface area (Å²) < 4.78 is 28.0. The molecule has 0 bridgehead atoms. The van der Waals surface area contributed by atoms with Crippen molar-refractivity contribution in [3.63, 3.8) is 0 Å². The van der Waals surface area contributed by atoms with Crippen LogP contribution in [-0.2, 0) is 24.2 Å². The average molecular weight is 349 g/mol. The SMILES string of the molecule is CCC(NCC1CN(C(=O)CCS(C)(=O)=O)CCCO1)C(N)=O. The maximum Gasteiger partial charge on any atom is 0.234 e. The summed E-state index contributed by atoms with van der Waals surface area (Å²) in [4.78, 5) is 25.0. The summed E-state index contributed by atoms with van der Waals surface area (Å²) in [6.45, 7) is 3.72. The zero-order chi connectivity index (χ0) is 17.5. The van der Waals surface area contributed by atoms with Crippen LogP contribution < -0.4 is 11.1 Å². The molecule has 0 aromatic rings. The Morgan fingerprint density at radius 1 is 1.43 bits per heavy atom. The molecular formula is C14H27N3O5S. The molecule has 1 aliphatic heterocycles. The van der Waals surface area contributed by atoms with Gasteiger partial charge in [0.25, 0.3) is 0 Å². The van der Waals surface area contributed by atoms with E-state index in [1.54, 1.807) is 4.90 Å². The summed E-state index contributed by atoms with van der Waals surface area (Å²) in [5.74, 6) is -0.749. The topological polar surface area (TPSA) is 119 Å². The molecule has 1 fully saturated rings. The van der Waals surface area contributed by atoms with Crippen LogP contribution in [0.1, 0.15) is 26.2 Å². The van der Waals surface area contributed by atoms with Crippen LogP contribution in [0.5, 0.6) is 0 Å². The van der Waals surface area contributed by atoms with E-state index in [0.717, 1.165) is 6.26 Å². The van der Waals surface area contributed by atoms with Gasteiger partial charge in [0.2, 0.25) is 11.8 Å². The molecule has 134 valence electrons. The molecule has 0 aromatic heterocycles. The summed E-state index contributed by atoms with van der Waals surface area (Å²) in [6.07, 6.45) is 2.14. The summed E-state index contributed by atoms with van der Waals surface area (Å²) in [6, 6.07) is -0.420. The lowest BCUT2D eigenvalue weighted by atomic mass is 10.2. The number of carbonyl (C=O) groups excluding carboxylic acids is 2. The van der Waals surface area contributed by atoms with Gasteiger partial charge in [0.1, 0.15) is 9.84 Å². The van der Waals surface area contributed by atoms with Crippen molar-refractivity contribution in [3.8, 4) is 0 Å². The molecule has 0 saturated carbocycles. The van der Waals surface area contributed by atoms with Crippen LogP contribution in [0.15, 0.2) is 0 Å². The number of nitrogens with one attached hydrogen (secondary N) is 1. The van der Waals surface area contributed by atoms with Crippen LogP contribution in [0, 0.1) is 0 Å². The highest BCUT2D eigenvalue weighted by molar-refractivity contribution is 7.90. The largest absolute Gasteiger partial charge is 0.375 e. The number of hydrogen-bond acceptors (Lipinski definition) is 6. The number of sulfone groups is 1. The number of ether oxygens (including phenoxy) is 1. The van der Waals surface area contributed by atoms with Crippen LogP contribution >= 0.6 is 0 Å². The van der Waals surface area contributed by atoms with E-state index in [9.17, 15) is 18.0 Å². The fourth-order valence-corrected chi connectivity index (χ4v) is 2.94. The molecule has 8 nitrogen and oxygen atoms in total. The third-order valence-electron chi connectivity index (χ3n) is 3.73. The van der Waals surface area contributed by atoms with Gasteiger partial charge in [-0.1, -0.05) is 6.92 Å². The van der Waals surface area contributed by atoms with Gasteiger partial charge < -0.3 is 20.7 Å². The highest BCUT2D eigenvalue weighted by Gasteiger charge is 2.24. The molecule has 1 saturated heterocycles. The third kappa shape index (κ3) is 7.76. The maximum absolute atomic E-state index is 12.2. The van der Waals surface area contributed by atoms with Crippen molar-refractivity contribution in [1.29, 1.82) is 0 Å². The van der Waals surface area contributed by atoms with E-state index in [4.69, 9.17) is 10.5 Å². The fraction of sp³-hybridized carbons (Fsp3) is 0.857. The van der Waals surface area contributed by atoms with E-state index < -0.39 is 21.8 Å². The molecule has 2 unspecified atom stereocenters. The number of nitrogens with two attached hydrogens (primary N) is 1. The Balaban J connectivity index is 2.53. The zero-order valence-corrected chi connectivity index (χ0v) is 14.6. The van der Waals surface area contributed by atoms with Crippen LogP contribution in [0.2, 0.25) is 0 Å². The standard InChI is InChI=1S/C14H27N3O5S/c1-3-12(14(15)19)16-9-11-10-17(6-4-7-22-11)13(18)5-8-23(2,20)21/h11-12,16H,3-10H2,1-2H3,(H2,15,19). The molecule has 1 rings (SSSR count). The number of carbonyl (C=O) groups is 2. The highest BCUT2D eigenvalue weighted by Crippen LogP contribution is 2.08. The summed E-state index contributed by atoms with van der Waals surface area (Å²) in [5.41, 5.74) is 5.29. The minimum atomic E-state index is -3.16. The Kier molecular flexibility index (Phi) is 7.93. The first-order chi connectivity index (χ1) is 10.7. The van der Waals surface area contributed by atoms with Crippen molar-refractivity contribution in [2.75, 3.05) is 38.2 Å². The minimum absolute atomic E-state index is 0.0160. The maximum atomic E-state index is 12.2. The predicted octanol–water partition coefficient (Wildman–Crippen LogP) is -1.11. The fourth-order valence-electron chi connectivity index (χ4n) is 2.40. The second-order valence-electron chi connectivity index (χ2n) is 5.84. The van der Waals surface area contributed by atoms with Crippen molar-refractivity contribution in [2.45, 2.75) is 38.3 Å². The minimum Gasteiger partial charge on any atom is -0.375 e. The molecule has 0 aliphatic carbocycles. The van der Waals surface area contributed by atoms with Crippen LogP contribution in [0.4, 0.5) is 0 Å². The monoisotopic (exact) mass is 349 g/mol. The number of rotatable bonds is 8. The number of primary amides is 1.